The predicted octanol–water partition coefficient (Wildman–Crippen LogP) is 3.46. The van der Waals surface area contributed by atoms with Crippen molar-refractivity contribution in [3.05, 3.63) is 70.2 Å². The number of carboxylic acids is 1. The number of hydrogen-bond donors (Lipinski definition) is 1. The molecule has 0 spiro atoms. The summed E-state index contributed by atoms with van der Waals surface area (Å²) < 4.78 is 26.8. The molecule has 1 aliphatic rings. The van der Waals surface area contributed by atoms with Gasteiger partial charge in [0.05, 0.1) is 11.3 Å². The normalized spacial score (nSPS) is 16.0. The highest BCUT2D eigenvalue weighted by Gasteiger charge is 2.32. The highest BCUT2D eigenvalue weighted by atomic mass is 35.5. The van der Waals surface area contributed by atoms with Crippen molar-refractivity contribution in [3.8, 4) is 0 Å². The molecule has 6 nitrogen and oxygen atoms in total. The monoisotopic (exact) mass is 421 g/mol. The second kappa shape index (κ2) is 8.43. The minimum absolute atomic E-state index is 0.00932. The lowest BCUT2D eigenvalue weighted by Crippen LogP contribution is -2.41. The summed E-state index contributed by atoms with van der Waals surface area (Å²) in [4.78, 5) is 23.9. The van der Waals surface area contributed by atoms with Crippen LogP contribution in [0.2, 0.25) is 5.02 Å². The van der Waals surface area contributed by atoms with E-state index in [1.54, 1.807) is 36.4 Å². The average Bonchev–Trinajstić information content (AvgIpc) is 2.68. The molecule has 0 radical (unpaired) electrons. The van der Waals surface area contributed by atoms with Crippen LogP contribution in [0.5, 0.6) is 0 Å². The van der Waals surface area contributed by atoms with Crippen LogP contribution in [0.4, 0.5) is 0 Å². The zero-order valence-corrected chi connectivity index (χ0v) is 16.6. The number of carbonyl (C=O) groups is 2. The third-order valence-corrected chi connectivity index (χ3v) is 7.01. The van der Waals surface area contributed by atoms with E-state index in [2.05, 4.69) is 0 Å². The number of carbonyl (C=O) groups excluding carboxylic acids is 1. The number of hydrogen-bond acceptors (Lipinski definition) is 4. The van der Waals surface area contributed by atoms with Crippen LogP contribution in [0, 0.1) is 5.92 Å². The predicted molar refractivity (Wildman–Crippen MR) is 106 cm³/mol. The van der Waals surface area contributed by atoms with Gasteiger partial charge in [0.1, 0.15) is 0 Å². The summed E-state index contributed by atoms with van der Waals surface area (Å²) in [5, 5.41) is 9.79. The molecule has 8 heteroatoms. The molecule has 1 heterocycles. The molecule has 1 N–H and O–H groups in total. The lowest BCUT2D eigenvalue weighted by atomic mass is 9.90. The molecule has 0 amide bonds. The fourth-order valence-corrected chi connectivity index (χ4v) is 5.11. The molecular formula is C20H20ClNO5S. The van der Waals surface area contributed by atoms with Gasteiger partial charge in [-0.3, -0.25) is 4.79 Å². The number of Topliss-reactive ketones (excluding diaryl/α,β-unsaturated/α-hetero) is 1. The number of sulfonamides is 1. The third kappa shape index (κ3) is 4.60. The first-order chi connectivity index (χ1) is 13.3. The SMILES string of the molecule is O=C(O)c1ccccc1CS(=O)(=O)N1CCC(C(=O)c2ccc(Cl)cc2)CC1. The highest BCUT2D eigenvalue weighted by molar-refractivity contribution is 7.88. The van der Waals surface area contributed by atoms with Gasteiger partial charge in [0.2, 0.25) is 10.0 Å². The molecule has 0 saturated carbocycles. The van der Waals surface area contributed by atoms with E-state index in [1.165, 1.54) is 16.4 Å². The summed E-state index contributed by atoms with van der Waals surface area (Å²) in [6, 6.07) is 12.8. The van der Waals surface area contributed by atoms with Gasteiger partial charge in [-0.05, 0) is 48.7 Å². The molecule has 0 aromatic heterocycles. The molecule has 0 bridgehead atoms. The minimum atomic E-state index is -3.67. The van der Waals surface area contributed by atoms with Crippen LogP contribution in [-0.4, -0.2) is 42.7 Å². The van der Waals surface area contributed by atoms with Crippen LogP contribution < -0.4 is 0 Å². The number of aromatic carboxylic acids is 1. The van der Waals surface area contributed by atoms with Crippen molar-refractivity contribution in [2.75, 3.05) is 13.1 Å². The maximum atomic E-state index is 12.7. The van der Waals surface area contributed by atoms with Gasteiger partial charge in [-0.25, -0.2) is 17.5 Å². The van der Waals surface area contributed by atoms with Gasteiger partial charge in [-0.1, -0.05) is 29.8 Å². The molecule has 2 aromatic carbocycles. The second-order valence-corrected chi connectivity index (χ2v) is 9.17. The lowest BCUT2D eigenvalue weighted by Gasteiger charge is -2.30. The molecule has 0 unspecified atom stereocenters. The van der Waals surface area contributed by atoms with E-state index in [-0.39, 0.29) is 41.7 Å². The average molecular weight is 422 g/mol. The number of nitrogens with zero attached hydrogens (tertiary/aromatic N) is 1. The number of ketones is 1. The summed E-state index contributed by atoms with van der Waals surface area (Å²) in [5.41, 5.74) is 0.814. The third-order valence-electron chi connectivity index (χ3n) is 4.93. The molecular weight excluding hydrogens is 402 g/mol. The highest BCUT2D eigenvalue weighted by Crippen LogP contribution is 2.26. The number of rotatable bonds is 6. The van der Waals surface area contributed by atoms with Crippen molar-refractivity contribution in [2.45, 2.75) is 18.6 Å². The van der Waals surface area contributed by atoms with E-state index in [1.807, 2.05) is 0 Å². The van der Waals surface area contributed by atoms with E-state index in [9.17, 15) is 23.1 Å². The standard InChI is InChI=1S/C20H20ClNO5S/c21-17-7-5-14(6-8-17)19(23)15-9-11-22(12-10-15)28(26,27)13-16-3-1-2-4-18(16)20(24)25/h1-8,15H,9-13H2,(H,24,25). The largest absolute Gasteiger partial charge is 0.478 e. The first kappa shape index (κ1) is 20.5. The molecule has 0 aliphatic carbocycles. The van der Waals surface area contributed by atoms with Crippen LogP contribution in [0.3, 0.4) is 0 Å². The topological polar surface area (TPSA) is 91.8 Å². The van der Waals surface area contributed by atoms with Gasteiger partial charge < -0.3 is 5.11 Å². The Morgan fingerprint density at radius 3 is 2.25 bits per heavy atom. The summed E-state index contributed by atoms with van der Waals surface area (Å²) >= 11 is 5.85. The Bertz CT molecular complexity index is 980. The van der Waals surface area contributed by atoms with Crippen molar-refractivity contribution in [3.63, 3.8) is 0 Å². The Hall–Kier alpha value is -2.22. The zero-order chi connectivity index (χ0) is 20.3. The van der Waals surface area contributed by atoms with Gasteiger partial charge in [0.15, 0.2) is 5.78 Å². The molecule has 28 heavy (non-hydrogen) atoms. The minimum Gasteiger partial charge on any atom is -0.478 e. The van der Waals surface area contributed by atoms with E-state index in [0.717, 1.165) is 0 Å². The van der Waals surface area contributed by atoms with Crippen LogP contribution >= 0.6 is 11.6 Å². The van der Waals surface area contributed by atoms with Crippen molar-refractivity contribution in [1.82, 2.24) is 4.31 Å². The maximum Gasteiger partial charge on any atom is 0.335 e. The fourth-order valence-electron chi connectivity index (χ4n) is 3.39. The van der Waals surface area contributed by atoms with Crippen LogP contribution in [0.1, 0.15) is 39.1 Å². The molecule has 0 atom stereocenters. The molecule has 1 saturated heterocycles. The van der Waals surface area contributed by atoms with E-state index >= 15 is 0 Å². The Balaban J connectivity index is 1.66. The zero-order valence-electron chi connectivity index (χ0n) is 15.0. The van der Waals surface area contributed by atoms with Crippen molar-refractivity contribution in [1.29, 1.82) is 0 Å². The number of carboxylic acid groups (broad SMARTS) is 1. The van der Waals surface area contributed by atoms with Crippen molar-refractivity contribution < 1.29 is 23.1 Å². The van der Waals surface area contributed by atoms with E-state index in [0.29, 0.717) is 23.4 Å². The molecule has 2 aromatic rings. The molecule has 1 aliphatic heterocycles. The number of benzene rings is 2. The quantitative estimate of drug-likeness (QED) is 0.721. The Morgan fingerprint density at radius 2 is 1.64 bits per heavy atom. The Morgan fingerprint density at radius 1 is 1.04 bits per heavy atom. The first-order valence-electron chi connectivity index (χ1n) is 8.87. The summed E-state index contributed by atoms with van der Waals surface area (Å²) in [6.45, 7) is 0.475. The number of halogens is 1. The van der Waals surface area contributed by atoms with Crippen molar-refractivity contribution >= 4 is 33.4 Å². The Labute approximate surface area is 168 Å². The maximum absolute atomic E-state index is 12.7. The van der Waals surface area contributed by atoms with Crippen LogP contribution in [0.15, 0.2) is 48.5 Å². The van der Waals surface area contributed by atoms with Gasteiger partial charge >= 0.3 is 5.97 Å². The van der Waals surface area contributed by atoms with Crippen LogP contribution in [0.25, 0.3) is 0 Å². The summed E-state index contributed by atoms with van der Waals surface area (Å²) in [6.07, 6.45) is 0.864. The summed E-state index contributed by atoms with van der Waals surface area (Å²) in [7, 11) is -3.67. The number of piperidine rings is 1. The molecule has 1 fully saturated rings. The Kier molecular flexibility index (Phi) is 6.17. The fraction of sp³-hybridized carbons (Fsp3) is 0.300. The van der Waals surface area contributed by atoms with Gasteiger partial charge in [0.25, 0.3) is 0 Å². The summed E-state index contributed by atoms with van der Waals surface area (Å²) in [5.74, 6) is -1.77. The molecule has 3 rings (SSSR count). The first-order valence-corrected chi connectivity index (χ1v) is 10.9. The van der Waals surface area contributed by atoms with Gasteiger partial charge in [0, 0.05) is 29.6 Å². The second-order valence-electron chi connectivity index (χ2n) is 6.76. The van der Waals surface area contributed by atoms with Crippen LogP contribution in [-0.2, 0) is 15.8 Å². The smallest absolute Gasteiger partial charge is 0.335 e. The van der Waals surface area contributed by atoms with E-state index < -0.39 is 16.0 Å². The van der Waals surface area contributed by atoms with Crippen molar-refractivity contribution in [2.24, 2.45) is 5.92 Å². The van der Waals surface area contributed by atoms with Gasteiger partial charge in [-0.2, -0.15) is 0 Å². The van der Waals surface area contributed by atoms with E-state index in [4.69, 9.17) is 11.6 Å². The lowest BCUT2D eigenvalue weighted by molar-refractivity contribution is 0.0695. The molecule has 148 valence electrons. The van der Waals surface area contributed by atoms with Gasteiger partial charge in [-0.15, -0.1) is 0 Å².